The summed E-state index contributed by atoms with van der Waals surface area (Å²) < 4.78 is 10.3. The molecule has 0 saturated carbocycles. The lowest BCUT2D eigenvalue weighted by atomic mass is 10.3. The summed E-state index contributed by atoms with van der Waals surface area (Å²) in [6.45, 7) is 0. The van der Waals surface area contributed by atoms with Gasteiger partial charge in [0.2, 0.25) is 0 Å². The van der Waals surface area contributed by atoms with Crippen LogP contribution in [0.5, 0.6) is 0 Å². The van der Waals surface area contributed by atoms with Crippen LogP contribution in [0.15, 0.2) is 0 Å². The molecule has 0 aromatic carbocycles. The summed E-state index contributed by atoms with van der Waals surface area (Å²) in [5.41, 5.74) is -0.484. The zero-order valence-electron chi connectivity index (χ0n) is 6.09. The second-order valence-electron chi connectivity index (χ2n) is 2.19. The van der Waals surface area contributed by atoms with Gasteiger partial charge in [-0.05, 0) is 0 Å². The summed E-state index contributed by atoms with van der Waals surface area (Å²) in [4.78, 5) is 3.48. The molecule has 0 radical (unpaired) electrons. The Morgan fingerprint density at radius 1 is 0.929 bits per heavy atom. The Morgan fingerprint density at radius 2 is 1.43 bits per heavy atom. The smallest absolute Gasteiger partial charge is 0.232 e. The SMILES string of the molecule is FC(Cl)(Cl)c1nc(Cl)c(Cl)c(Cl)c1Cl. The number of hydrogen-bond donors (Lipinski definition) is 0. The van der Waals surface area contributed by atoms with Gasteiger partial charge in [-0.1, -0.05) is 69.6 Å². The van der Waals surface area contributed by atoms with E-state index < -0.39 is 10.3 Å². The van der Waals surface area contributed by atoms with E-state index in [4.69, 9.17) is 69.6 Å². The van der Waals surface area contributed by atoms with Crippen LogP contribution in [0, 0.1) is 0 Å². The largest absolute Gasteiger partial charge is 0.301 e. The molecule has 0 atom stereocenters. The molecule has 1 heterocycles. The van der Waals surface area contributed by atoms with Crippen molar-refractivity contribution >= 4 is 69.6 Å². The highest BCUT2D eigenvalue weighted by Crippen LogP contribution is 2.44. The Labute approximate surface area is 109 Å². The van der Waals surface area contributed by atoms with Gasteiger partial charge in [-0.3, -0.25) is 0 Å². The average Bonchev–Trinajstić information content (AvgIpc) is 2.06. The van der Waals surface area contributed by atoms with E-state index in [0.717, 1.165) is 0 Å². The first-order chi connectivity index (χ1) is 6.25. The highest BCUT2D eigenvalue weighted by Gasteiger charge is 2.33. The lowest BCUT2D eigenvalue weighted by Gasteiger charge is -2.12. The predicted molar refractivity (Wildman–Crippen MR) is 58.8 cm³/mol. The van der Waals surface area contributed by atoms with Crippen LogP contribution in [-0.2, 0) is 4.59 Å². The third-order valence-electron chi connectivity index (χ3n) is 1.25. The summed E-state index contributed by atoms with van der Waals surface area (Å²) in [5, 5.41) is -0.723. The molecule has 0 spiro atoms. The van der Waals surface area contributed by atoms with Crippen LogP contribution < -0.4 is 0 Å². The van der Waals surface area contributed by atoms with Gasteiger partial charge in [-0.2, -0.15) is 0 Å². The van der Waals surface area contributed by atoms with Gasteiger partial charge in [-0.25, -0.2) is 9.37 Å². The van der Waals surface area contributed by atoms with Crippen molar-refractivity contribution in [2.24, 2.45) is 0 Å². The van der Waals surface area contributed by atoms with Crippen molar-refractivity contribution < 1.29 is 4.39 Å². The first-order valence-corrected chi connectivity index (χ1v) is 5.29. The number of rotatable bonds is 1. The van der Waals surface area contributed by atoms with E-state index in [-0.39, 0.29) is 20.2 Å². The normalized spacial score (nSPS) is 11.9. The number of alkyl halides is 3. The maximum Gasteiger partial charge on any atom is 0.301 e. The van der Waals surface area contributed by atoms with Crippen LogP contribution in [0.25, 0.3) is 0 Å². The second kappa shape index (κ2) is 4.36. The molecule has 1 rings (SSSR count). The van der Waals surface area contributed by atoms with Gasteiger partial charge in [0, 0.05) is 0 Å². The zero-order valence-corrected chi connectivity index (χ0v) is 10.6. The van der Waals surface area contributed by atoms with Crippen LogP contribution in [0.4, 0.5) is 4.39 Å². The highest BCUT2D eigenvalue weighted by molar-refractivity contribution is 6.53. The molecule has 0 unspecified atom stereocenters. The molecule has 0 aliphatic heterocycles. The number of halogens is 7. The molecule has 1 aromatic rings. The van der Waals surface area contributed by atoms with Gasteiger partial charge in [0.25, 0.3) is 0 Å². The molecular weight excluding hydrogens is 318 g/mol. The van der Waals surface area contributed by atoms with E-state index in [2.05, 4.69) is 4.98 Å². The van der Waals surface area contributed by atoms with E-state index in [1.807, 2.05) is 0 Å². The summed E-state index contributed by atoms with van der Waals surface area (Å²) in [5.74, 6) is 0. The first kappa shape index (κ1) is 12.9. The molecule has 0 aliphatic carbocycles. The van der Waals surface area contributed by atoms with Gasteiger partial charge in [0.15, 0.2) is 0 Å². The molecular formula is C6Cl6FN. The minimum atomic E-state index is -2.77. The van der Waals surface area contributed by atoms with Crippen LogP contribution in [0.2, 0.25) is 20.2 Å². The highest BCUT2D eigenvalue weighted by atomic mass is 35.5. The van der Waals surface area contributed by atoms with Crippen molar-refractivity contribution in [2.75, 3.05) is 0 Å². The van der Waals surface area contributed by atoms with E-state index in [1.54, 1.807) is 0 Å². The predicted octanol–water partition coefficient (Wildman–Crippen LogP) is 5.25. The number of hydrogen-bond acceptors (Lipinski definition) is 1. The molecule has 1 nitrogen and oxygen atoms in total. The molecule has 0 aliphatic rings. The van der Waals surface area contributed by atoms with Crippen molar-refractivity contribution in [3.8, 4) is 0 Å². The van der Waals surface area contributed by atoms with Gasteiger partial charge in [-0.15, -0.1) is 0 Å². The molecule has 8 heteroatoms. The molecule has 0 N–H and O–H groups in total. The fourth-order valence-corrected chi connectivity index (χ4v) is 1.90. The van der Waals surface area contributed by atoms with Crippen molar-refractivity contribution in [3.63, 3.8) is 0 Å². The van der Waals surface area contributed by atoms with Crippen LogP contribution in [0.3, 0.4) is 0 Å². The monoisotopic (exact) mass is 315 g/mol. The van der Waals surface area contributed by atoms with Crippen molar-refractivity contribution in [3.05, 3.63) is 25.9 Å². The topological polar surface area (TPSA) is 12.9 Å². The Kier molecular flexibility index (Phi) is 4.02. The van der Waals surface area contributed by atoms with E-state index >= 15 is 0 Å². The molecule has 78 valence electrons. The Balaban J connectivity index is 3.49. The Bertz CT molecular complexity index is 374. The summed E-state index contributed by atoms with van der Waals surface area (Å²) in [7, 11) is 0. The Hall–Kier alpha value is 0.820. The molecule has 1 aromatic heterocycles. The van der Waals surface area contributed by atoms with E-state index in [0.29, 0.717) is 0 Å². The minimum absolute atomic E-state index is 0.0836. The minimum Gasteiger partial charge on any atom is -0.232 e. The number of aromatic nitrogens is 1. The van der Waals surface area contributed by atoms with E-state index in [1.165, 1.54) is 0 Å². The Morgan fingerprint density at radius 3 is 1.86 bits per heavy atom. The quantitative estimate of drug-likeness (QED) is 0.509. The van der Waals surface area contributed by atoms with Crippen molar-refractivity contribution in [1.29, 1.82) is 0 Å². The van der Waals surface area contributed by atoms with Gasteiger partial charge >= 0.3 is 4.59 Å². The fourth-order valence-electron chi connectivity index (χ4n) is 0.675. The van der Waals surface area contributed by atoms with Gasteiger partial charge < -0.3 is 0 Å². The van der Waals surface area contributed by atoms with Crippen molar-refractivity contribution in [2.45, 2.75) is 4.59 Å². The summed E-state index contributed by atoms with van der Waals surface area (Å²) in [6.07, 6.45) is 0. The molecule has 0 amide bonds. The molecule has 14 heavy (non-hydrogen) atoms. The molecule has 0 saturated heterocycles. The van der Waals surface area contributed by atoms with Crippen LogP contribution >= 0.6 is 69.6 Å². The first-order valence-electron chi connectivity index (χ1n) is 3.02. The maximum atomic E-state index is 13.1. The van der Waals surface area contributed by atoms with Crippen molar-refractivity contribution in [1.82, 2.24) is 4.98 Å². The second-order valence-corrected chi connectivity index (χ2v) is 4.92. The maximum absolute atomic E-state index is 13.1. The summed E-state index contributed by atoms with van der Waals surface area (Å²) in [6, 6.07) is 0. The average molecular weight is 318 g/mol. The number of pyridine rings is 1. The number of nitrogens with zero attached hydrogens (tertiary/aromatic N) is 1. The van der Waals surface area contributed by atoms with Crippen LogP contribution in [0.1, 0.15) is 5.69 Å². The fraction of sp³-hybridized carbons (Fsp3) is 0.167. The standard InChI is InChI=1S/C6Cl6FN/c7-1-2(8)4(6(11,12)13)14-5(10)3(1)9. The third kappa shape index (κ3) is 2.49. The zero-order chi connectivity index (χ0) is 11.1. The third-order valence-corrected chi connectivity index (χ3v) is 3.29. The van der Waals surface area contributed by atoms with E-state index in [9.17, 15) is 4.39 Å². The lowest BCUT2D eigenvalue weighted by Crippen LogP contribution is -2.07. The lowest BCUT2D eigenvalue weighted by molar-refractivity contribution is 0.396. The van der Waals surface area contributed by atoms with Gasteiger partial charge in [0.1, 0.15) is 10.8 Å². The van der Waals surface area contributed by atoms with Crippen LogP contribution in [-0.4, -0.2) is 4.98 Å². The summed E-state index contributed by atoms with van der Waals surface area (Å²) >= 11 is 32.6. The molecule has 0 bridgehead atoms. The molecule has 0 fully saturated rings. The van der Waals surface area contributed by atoms with Gasteiger partial charge in [0.05, 0.1) is 15.1 Å².